The fraction of sp³-hybridized carbons (Fsp3) is 0.333. The first-order valence-corrected chi connectivity index (χ1v) is 6.45. The summed E-state index contributed by atoms with van der Waals surface area (Å²) in [5.41, 5.74) is 0. The molecule has 0 saturated heterocycles. The molecule has 0 radical (unpaired) electrons. The third-order valence-corrected chi connectivity index (χ3v) is 4.18. The highest BCUT2D eigenvalue weighted by atomic mass is 32.2. The fourth-order valence-electron chi connectivity index (χ4n) is 1.12. The molecule has 2 aromatic heterocycles. The molecule has 0 amide bonds. The lowest BCUT2D eigenvalue weighted by atomic mass is 10.9. The third-order valence-electron chi connectivity index (χ3n) is 1.93. The van der Waals surface area contributed by atoms with Crippen molar-refractivity contribution in [3.8, 4) is 0 Å². The van der Waals surface area contributed by atoms with Gasteiger partial charge in [-0.1, -0.05) is 23.5 Å². The van der Waals surface area contributed by atoms with Gasteiger partial charge in [0.15, 0.2) is 10.3 Å². The van der Waals surface area contributed by atoms with Gasteiger partial charge in [0.2, 0.25) is 0 Å². The predicted molar refractivity (Wildman–Crippen MR) is 63.0 cm³/mol. The van der Waals surface area contributed by atoms with Gasteiger partial charge in [-0.2, -0.15) is 0 Å². The number of hydrogen-bond donors (Lipinski definition) is 0. The molecule has 0 aromatic carbocycles. The zero-order chi connectivity index (χ0) is 10.7. The SMILES string of the molecule is Cn1ccnc1SCSc1nccn1C. The summed E-state index contributed by atoms with van der Waals surface area (Å²) in [7, 11) is 4.00. The van der Waals surface area contributed by atoms with Crippen molar-refractivity contribution in [3.05, 3.63) is 24.8 Å². The normalized spacial score (nSPS) is 10.8. The molecule has 0 bridgehead atoms. The van der Waals surface area contributed by atoms with E-state index in [4.69, 9.17) is 0 Å². The van der Waals surface area contributed by atoms with Gasteiger partial charge >= 0.3 is 0 Å². The van der Waals surface area contributed by atoms with Gasteiger partial charge in [-0.25, -0.2) is 9.97 Å². The van der Waals surface area contributed by atoms with Crippen molar-refractivity contribution >= 4 is 23.5 Å². The van der Waals surface area contributed by atoms with Crippen LogP contribution in [0.2, 0.25) is 0 Å². The third kappa shape index (κ3) is 2.57. The largest absolute Gasteiger partial charge is 0.329 e. The Hall–Kier alpha value is -0.880. The molecule has 4 nitrogen and oxygen atoms in total. The Kier molecular flexibility index (Phi) is 3.37. The smallest absolute Gasteiger partial charge is 0.168 e. The second-order valence-electron chi connectivity index (χ2n) is 3.05. The molecular weight excluding hydrogens is 228 g/mol. The quantitative estimate of drug-likeness (QED) is 0.605. The molecular formula is C9H12N4S2. The van der Waals surface area contributed by atoms with Crippen LogP contribution in [0.25, 0.3) is 0 Å². The minimum Gasteiger partial charge on any atom is -0.329 e. The Morgan fingerprint density at radius 2 is 1.47 bits per heavy atom. The summed E-state index contributed by atoms with van der Waals surface area (Å²) in [4.78, 5) is 8.48. The maximum atomic E-state index is 4.24. The van der Waals surface area contributed by atoms with Crippen molar-refractivity contribution in [2.24, 2.45) is 14.1 Å². The summed E-state index contributed by atoms with van der Waals surface area (Å²) < 4.78 is 4.04. The van der Waals surface area contributed by atoms with Gasteiger partial charge in [0.25, 0.3) is 0 Å². The minimum absolute atomic E-state index is 0.926. The van der Waals surface area contributed by atoms with E-state index < -0.39 is 0 Å². The molecule has 2 heterocycles. The van der Waals surface area contributed by atoms with Gasteiger partial charge in [0.05, 0.1) is 5.08 Å². The average molecular weight is 240 g/mol. The summed E-state index contributed by atoms with van der Waals surface area (Å²) in [6, 6.07) is 0. The number of hydrogen-bond acceptors (Lipinski definition) is 4. The Morgan fingerprint density at radius 3 is 1.80 bits per heavy atom. The summed E-state index contributed by atoms with van der Waals surface area (Å²) in [5.74, 6) is 0. The highest BCUT2D eigenvalue weighted by Crippen LogP contribution is 2.24. The van der Waals surface area contributed by atoms with Crippen LogP contribution in [0, 0.1) is 0 Å². The molecule has 15 heavy (non-hydrogen) atoms. The van der Waals surface area contributed by atoms with Crippen LogP contribution in [-0.4, -0.2) is 24.2 Å². The summed E-state index contributed by atoms with van der Waals surface area (Å²) in [6.45, 7) is 0. The van der Waals surface area contributed by atoms with E-state index in [1.165, 1.54) is 0 Å². The van der Waals surface area contributed by atoms with Crippen LogP contribution < -0.4 is 0 Å². The van der Waals surface area contributed by atoms with Crippen molar-refractivity contribution in [1.29, 1.82) is 0 Å². The lowest BCUT2D eigenvalue weighted by Gasteiger charge is -2.01. The minimum atomic E-state index is 0.926. The molecule has 2 aromatic rings. The molecule has 0 saturated carbocycles. The first kappa shape index (κ1) is 10.6. The molecule has 0 fully saturated rings. The molecule has 0 aliphatic carbocycles. The lowest BCUT2D eigenvalue weighted by molar-refractivity contribution is 0.788. The van der Waals surface area contributed by atoms with E-state index in [1.54, 1.807) is 23.5 Å². The van der Waals surface area contributed by atoms with Gasteiger partial charge in [-0.05, 0) is 0 Å². The second kappa shape index (κ2) is 4.76. The van der Waals surface area contributed by atoms with Crippen molar-refractivity contribution in [2.45, 2.75) is 10.3 Å². The van der Waals surface area contributed by atoms with E-state index in [9.17, 15) is 0 Å². The van der Waals surface area contributed by atoms with E-state index in [2.05, 4.69) is 9.97 Å². The van der Waals surface area contributed by atoms with Crippen molar-refractivity contribution < 1.29 is 0 Å². The van der Waals surface area contributed by atoms with E-state index in [0.29, 0.717) is 0 Å². The Labute approximate surface area is 97.1 Å². The topological polar surface area (TPSA) is 35.6 Å². The molecule has 6 heteroatoms. The molecule has 0 aliphatic heterocycles. The molecule has 0 spiro atoms. The highest BCUT2D eigenvalue weighted by Gasteiger charge is 2.03. The van der Waals surface area contributed by atoms with Crippen molar-refractivity contribution in [2.75, 3.05) is 5.08 Å². The zero-order valence-corrected chi connectivity index (χ0v) is 10.3. The summed E-state index contributed by atoms with van der Waals surface area (Å²) >= 11 is 3.44. The Morgan fingerprint density at radius 1 is 1.00 bits per heavy atom. The van der Waals surface area contributed by atoms with Crippen LogP contribution in [0.5, 0.6) is 0 Å². The maximum Gasteiger partial charge on any atom is 0.168 e. The van der Waals surface area contributed by atoms with Crippen LogP contribution in [0.1, 0.15) is 0 Å². The van der Waals surface area contributed by atoms with Gasteiger partial charge in [0.1, 0.15) is 0 Å². The number of aryl methyl sites for hydroxylation is 2. The van der Waals surface area contributed by atoms with Gasteiger partial charge in [-0.3, -0.25) is 0 Å². The predicted octanol–water partition coefficient (Wildman–Crippen LogP) is 2.00. The number of thioether (sulfide) groups is 2. The number of imidazole rings is 2. The standard InChI is InChI=1S/C9H12N4S2/c1-12-5-3-10-8(12)14-7-15-9-11-4-6-13(9)2/h3-6H,7H2,1-2H3. The van der Waals surface area contributed by atoms with Gasteiger partial charge < -0.3 is 9.13 Å². The average Bonchev–Trinajstić information content (AvgIpc) is 2.78. The van der Waals surface area contributed by atoms with Crippen LogP contribution >= 0.6 is 23.5 Å². The number of aromatic nitrogens is 4. The van der Waals surface area contributed by atoms with Gasteiger partial charge in [0, 0.05) is 38.9 Å². The lowest BCUT2D eigenvalue weighted by Crippen LogP contribution is -1.91. The molecule has 0 aliphatic rings. The summed E-state index contributed by atoms with van der Waals surface area (Å²) in [6.07, 6.45) is 7.53. The first-order valence-electron chi connectivity index (χ1n) is 4.47. The molecule has 0 atom stereocenters. The molecule has 2 rings (SSSR count). The van der Waals surface area contributed by atoms with Crippen LogP contribution in [0.4, 0.5) is 0 Å². The molecule has 80 valence electrons. The van der Waals surface area contributed by atoms with Crippen LogP contribution in [-0.2, 0) is 14.1 Å². The maximum absolute atomic E-state index is 4.24. The van der Waals surface area contributed by atoms with E-state index in [0.717, 1.165) is 15.4 Å². The van der Waals surface area contributed by atoms with Crippen molar-refractivity contribution in [3.63, 3.8) is 0 Å². The van der Waals surface area contributed by atoms with E-state index in [1.807, 2.05) is 48.0 Å². The van der Waals surface area contributed by atoms with E-state index in [-0.39, 0.29) is 0 Å². The monoisotopic (exact) mass is 240 g/mol. The van der Waals surface area contributed by atoms with Gasteiger partial charge in [-0.15, -0.1) is 0 Å². The Bertz CT molecular complexity index is 395. The summed E-state index contributed by atoms with van der Waals surface area (Å²) in [5, 5.41) is 3.00. The number of rotatable bonds is 4. The Balaban J connectivity index is 1.86. The van der Waals surface area contributed by atoms with Crippen LogP contribution in [0.15, 0.2) is 35.1 Å². The fourth-order valence-corrected chi connectivity index (χ4v) is 3.00. The van der Waals surface area contributed by atoms with Crippen LogP contribution in [0.3, 0.4) is 0 Å². The molecule has 0 unspecified atom stereocenters. The number of nitrogens with zero attached hydrogens (tertiary/aromatic N) is 4. The zero-order valence-electron chi connectivity index (χ0n) is 8.62. The highest BCUT2D eigenvalue weighted by molar-refractivity contribution is 8.15. The first-order chi connectivity index (χ1) is 7.27. The van der Waals surface area contributed by atoms with E-state index >= 15 is 0 Å². The second-order valence-corrected chi connectivity index (χ2v) is 5.30. The molecule has 0 N–H and O–H groups in total. The van der Waals surface area contributed by atoms with Crippen molar-refractivity contribution in [1.82, 2.24) is 19.1 Å².